The fraction of sp³-hybridized carbons (Fsp3) is 0.381. The number of imide groups is 1. The molecule has 2 aliphatic rings. The van der Waals surface area contributed by atoms with E-state index in [0.717, 1.165) is 30.9 Å². The Morgan fingerprint density at radius 1 is 0.963 bits per heavy atom. The Bertz CT molecular complexity index is 817. The Hall–Kier alpha value is -2.73. The number of carbonyl (C=O) groups excluding carboxylic acids is 2. The van der Waals surface area contributed by atoms with E-state index in [2.05, 4.69) is 9.88 Å². The molecule has 4 rings (SSSR count). The standard InChI is InChI=1S/C21H24N4O2/c1-23-19(26)21(25(20(23)27)15-17-7-3-2-4-8-17)10-13-24(14-11-21)16-18-9-5-6-12-22-18/h2-9,12H,10-11,13-16H2,1H3. The molecular weight excluding hydrogens is 340 g/mol. The fourth-order valence-electron chi connectivity index (χ4n) is 4.15. The molecule has 140 valence electrons. The molecule has 27 heavy (non-hydrogen) atoms. The fourth-order valence-corrected chi connectivity index (χ4v) is 4.15. The molecule has 0 aliphatic carbocycles. The number of pyridine rings is 1. The van der Waals surface area contributed by atoms with Gasteiger partial charge in [-0.3, -0.25) is 19.6 Å². The van der Waals surface area contributed by atoms with Crippen LogP contribution in [-0.4, -0.2) is 57.3 Å². The molecule has 2 fully saturated rings. The van der Waals surface area contributed by atoms with E-state index in [4.69, 9.17) is 0 Å². The van der Waals surface area contributed by atoms with Crippen molar-refractivity contribution in [2.75, 3.05) is 20.1 Å². The number of amides is 3. The monoisotopic (exact) mass is 364 g/mol. The van der Waals surface area contributed by atoms with Crippen molar-refractivity contribution in [1.29, 1.82) is 0 Å². The normalized spacial score (nSPS) is 19.9. The molecule has 1 spiro atoms. The van der Waals surface area contributed by atoms with Gasteiger partial charge in [-0.15, -0.1) is 0 Å². The number of benzene rings is 1. The van der Waals surface area contributed by atoms with Crippen molar-refractivity contribution in [2.45, 2.75) is 31.5 Å². The molecule has 0 atom stereocenters. The third kappa shape index (κ3) is 3.21. The van der Waals surface area contributed by atoms with Gasteiger partial charge in [0.05, 0.1) is 5.69 Å². The lowest BCUT2D eigenvalue weighted by Crippen LogP contribution is -2.56. The molecule has 3 heterocycles. The minimum atomic E-state index is -0.720. The van der Waals surface area contributed by atoms with Gasteiger partial charge in [-0.1, -0.05) is 36.4 Å². The number of hydrogen-bond acceptors (Lipinski definition) is 4. The van der Waals surface area contributed by atoms with Crippen LogP contribution >= 0.6 is 0 Å². The number of likely N-dealkylation sites (tertiary alicyclic amines) is 1. The lowest BCUT2D eigenvalue weighted by molar-refractivity contribution is -0.135. The van der Waals surface area contributed by atoms with E-state index in [1.54, 1.807) is 18.1 Å². The van der Waals surface area contributed by atoms with Crippen LogP contribution in [0.15, 0.2) is 54.7 Å². The summed E-state index contributed by atoms with van der Waals surface area (Å²) < 4.78 is 0. The van der Waals surface area contributed by atoms with Crippen molar-refractivity contribution in [3.05, 3.63) is 66.0 Å². The maximum atomic E-state index is 13.0. The Balaban J connectivity index is 1.51. The maximum absolute atomic E-state index is 13.0. The Morgan fingerprint density at radius 2 is 1.67 bits per heavy atom. The number of hydrogen-bond donors (Lipinski definition) is 0. The first-order valence-corrected chi connectivity index (χ1v) is 9.36. The van der Waals surface area contributed by atoms with Crippen molar-refractivity contribution >= 4 is 11.9 Å². The van der Waals surface area contributed by atoms with Crippen molar-refractivity contribution in [2.24, 2.45) is 0 Å². The first-order valence-electron chi connectivity index (χ1n) is 9.36. The van der Waals surface area contributed by atoms with E-state index in [-0.39, 0.29) is 11.9 Å². The zero-order chi connectivity index (χ0) is 18.9. The van der Waals surface area contributed by atoms with Crippen LogP contribution in [0.25, 0.3) is 0 Å². The first-order chi connectivity index (χ1) is 13.1. The van der Waals surface area contributed by atoms with Gasteiger partial charge in [0.15, 0.2) is 0 Å². The van der Waals surface area contributed by atoms with Crippen LogP contribution in [0, 0.1) is 0 Å². The second-order valence-corrected chi connectivity index (χ2v) is 7.35. The number of rotatable bonds is 4. The van der Waals surface area contributed by atoms with E-state index in [9.17, 15) is 9.59 Å². The highest BCUT2D eigenvalue weighted by molar-refractivity contribution is 6.06. The third-order valence-electron chi connectivity index (χ3n) is 5.72. The van der Waals surface area contributed by atoms with Gasteiger partial charge in [-0.05, 0) is 30.5 Å². The summed E-state index contributed by atoms with van der Waals surface area (Å²) in [4.78, 5) is 35.5. The van der Waals surface area contributed by atoms with Crippen LogP contribution in [0.3, 0.4) is 0 Å². The molecule has 6 heteroatoms. The topological polar surface area (TPSA) is 56.8 Å². The van der Waals surface area contributed by atoms with E-state index in [1.807, 2.05) is 48.5 Å². The zero-order valence-electron chi connectivity index (χ0n) is 15.5. The average molecular weight is 364 g/mol. The van der Waals surface area contributed by atoms with Gasteiger partial charge in [0.2, 0.25) is 0 Å². The molecule has 0 unspecified atom stereocenters. The highest BCUT2D eigenvalue weighted by Crippen LogP contribution is 2.38. The van der Waals surface area contributed by atoms with Crippen molar-refractivity contribution in [1.82, 2.24) is 19.7 Å². The van der Waals surface area contributed by atoms with Crippen LogP contribution in [0.4, 0.5) is 4.79 Å². The molecule has 0 saturated carbocycles. The van der Waals surface area contributed by atoms with Crippen molar-refractivity contribution in [3.8, 4) is 0 Å². The van der Waals surface area contributed by atoms with E-state index < -0.39 is 5.54 Å². The molecule has 1 aromatic carbocycles. The van der Waals surface area contributed by atoms with Crippen molar-refractivity contribution in [3.63, 3.8) is 0 Å². The number of likely N-dealkylation sites (N-methyl/N-ethyl adjacent to an activating group) is 1. The van der Waals surface area contributed by atoms with Gasteiger partial charge in [0.1, 0.15) is 5.54 Å². The summed E-state index contributed by atoms with van der Waals surface area (Å²) in [6, 6.07) is 15.6. The summed E-state index contributed by atoms with van der Waals surface area (Å²) >= 11 is 0. The van der Waals surface area contributed by atoms with Gasteiger partial charge in [-0.25, -0.2) is 4.79 Å². The molecule has 0 N–H and O–H groups in total. The Labute approximate surface area is 159 Å². The summed E-state index contributed by atoms with van der Waals surface area (Å²) in [7, 11) is 1.59. The van der Waals surface area contributed by atoms with Crippen LogP contribution in [-0.2, 0) is 17.9 Å². The zero-order valence-corrected chi connectivity index (χ0v) is 15.5. The summed E-state index contributed by atoms with van der Waals surface area (Å²) in [6.07, 6.45) is 3.11. The molecule has 2 saturated heterocycles. The predicted molar refractivity (Wildman–Crippen MR) is 102 cm³/mol. The SMILES string of the molecule is CN1C(=O)N(Cc2ccccc2)C2(CCN(Cc3ccccn3)CC2)C1=O. The smallest absolute Gasteiger partial charge is 0.305 e. The minimum Gasteiger partial charge on any atom is -0.305 e. The first kappa shape index (κ1) is 17.7. The molecule has 0 radical (unpaired) electrons. The highest BCUT2D eigenvalue weighted by Gasteiger charge is 2.56. The number of aromatic nitrogens is 1. The number of piperidine rings is 1. The number of urea groups is 1. The molecule has 0 bridgehead atoms. The van der Waals surface area contributed by atoms with Gasteiger partial charge < -0.3 is 4.90 Å². The third-order valence-corrected chi connectivity index (χ3v) is 5.72. The summed E-state index contributed by atoms with van der Waals surface area (Å²) in [5.74, 6) is -0.0686. The molecule has 6 nitrogen and oxygen atoms in total. The lowest BCUT2D eigenvalue weighted by atomic mass is 9.85. The number of carbonyl (C=O) groups is 2. The maximum Gasteiger partial charge on any atom is 0.327 e. The summed E-state index contributed by atoms with van der Waals surface area (Å²) in [5.41, 5.74) is 1.35. The van der Waals surface area contributed by atoms with Gasteiger partial charge in [-0.2, -0.15) is 0 Å². The largest absolute Gasteiger partial charge is 0.327 e. The van der Waals surface area contributed by atoms with Crippen molar-refractivity contribution < 1.29 is 9.59 Å². The second kappa shape index (κ2) is 7.12. The molecule has 2 aromatic rings. The summed E-state index contributed by atoms with van der Waals surface area (Å²) in [5, 5.41) is 0. The predicted octanol–water partition coefficient (Wildman–Crippen LogP) is 2.51. The Morgan fingerprint density at radius 3 is 2.33 bits per heavy atom. The van der Waals surface area contributed by atoms with Gasteiger partial charge in [0.25, 0.3) is 5.91 Å². The highest BCUT2D eigenvalue weighted by atomic mass is 16.2. The van der Waals surface area contributed by atoms with Gasteiger partial charge in [0, 0.05) is 39.4 Å². The average Bonchev–Trinajstić information content (AvgIpc) is 2.88. The van der Waals surface area contributed by atoms with Crippen LogP contribution in [0.1, 0.15) is 24.1 Å². The Kier molecular flexibility index (Phi) is 4.66. The number of nitrogens with zero attached hydrogens (tertiary/aromatic N) is 4. The van der Waals surface area contributed by atoms with E-state index in [1.165, 1.54) is 4.90 Å². The van der Waals surface area contributed by atoms with Gasteiger partial charge >= 0.3 is 6.03 Å². The lowest BCUT2D eigenvalue weighted by Gasteiger charge is -2.42. The second-order valence-electron chi connectivity index (χ2n) is 7.35. The summed E-state index contributed by atoms with van der Waals surface area (Å²) in [6.45, 7) is 2.78. The van der Waals surface area contributed by atoms with E-state index >= 15 is 0 Å². The van der Waals surface area contributed by atoms with Crippen LogP contribution in [0.2, 0.25) is 0 Å². The quantitative estimate of drug-likeness (QED) is 0.783. The molecule has 3 amide bonds. The molecular formula is C21H24N4O2. The minimum absolute atomic E-state index is 0.0686. The molecule has 1 aromatic heterocycles. The van der Waals surface area contributed by atoms with E-state index in [0.29, 0.717) is 19.4 Å². The molecule has 2 aliphatic heterocycles. The van der Waals surface area contributed by atoms with Crippen LogP contribution < -0.4 is 0 Å². The van der Waals surface area contributed by atoms with Crippen LogP contribution in [0.5, 0.6) is 0 Å².